The molecule has 0 aliphatic heterocycles. The standard InChI is InChI=1S/C20H14N2O4/c23-15-11-16(21-19(25)13-7-3-1-4-8-13)18(24)17(12-15)22-20(26)14-9-5-2-6-10-14/h1-12H,(H,21,25)(H,22,26). The summed E-state index contributed by atoms with van der Waals surface area (Å²) in [6, 6.07) is 16.6. The summed E-state index contributed by atoms with van der Waals surface area (Å²) in [6.07, 6.45) is 2.06. The van der Waals surface area contributed by atoms with Crippen LogP contribution in [0.1, 0.15) is 20.7 Å². The Balaban J connectivity index is 1.74. The largest absolute Gasteiger partial charge is 0.318 e. The van der Waals surface area contributed by atoms with Gasteiger partial charge in [-0.2, -0.15) is 0 Å². The zero-order valence-electron chi connectivity index (χ0n) is 13.6. The number of allylic oxidation sites excluding steroid dienone is 2. The number of benzene rings is 2. The van der Waals surface area contributed by atoms with E-state index in [1.165, 1.54) is 0 Å². The van der Waals surface area contributed by atoms with Gasteiger partial charge < -0.3 is 10.6 Å². The molecule has 2 aromatic carbocycles. The molecule has 26 heavy (non-hydrogen) atoms. The Hall–Kier alpha value is -3.80. The van der Waals surface area contributed by atoms with E-state index < -0.39 is 23.4 Å². The van der Waals surface area contributed by atoms with Crippen LogP contribution >= 0.6 is 0 Å². The van der Waals surface area contributed by atoms with Crippen molar-refractivity contribution in [1.29, 1.82) is 0 Å². The third kappa shape index (κ3) is 3.81. The maximum absolute atomic E-state index is 12.5. The van der Waals surface area contributed by atoms with Crippen molar-refractivity contribution in [3.8, 4) is 0 Å². The van der Waals surface area contributed by atoms with Crippen molar-refractivity contribution in [1.82, 2.24) is 10.6 Å². The van der Waals surface area contributed by atoms with E-state index in [1.807, 2.05) is 0 Å². The van der Waals surface area contributed by atoms with Gasteiger partial charge in [0.2, 0.25) is 5.78 Å². The average molecular weight is 346 g/mol. The maximum Gasteiger partial charge on any atom is 0.255 e. The summed E-state index contributed by atoms with van der Waals surface area (Å²) in [4.78, 5) is 48.7. The van der Waals surface area contributed by atoms with Crippen LogP contribution in [0.15, 0.2) is 84.2 Å². The zero-order valence-corrected chi connectivity index (χ0v) is 13.6. The van der Waals surface area contributed by atoms with Crippen molar-refractivity contribution in [2.45, 2.75) is 0 Å². The summed E-state index contributed by atoms with van der Waals surface area (Å²) in [6.45, 7) is 0. The van der Waals surface area contributed by atoms with Gasteiger partial charge in [0.25, 0.3) is 11.8 Å². The summed E-state index contributed by atoms with van der Waals surface area (Å²) >= 11 is 0. The summed E-state index contributed by atoms with van der Waals surface area (Å²) in [5.74, 6) is -2.18. The number of ketones is 2. The van der Waals surface area contributed by atoms with Gasteiger partial charge in [-0.15, -0.1) is 0 Å². The van der Waals surface area contributed by atoms with Crippen LogP contribution in [0.2, 0.25) is 0 Å². The first-order chi connectivity index (χ1) is 12.5. The zero-order chi connectivity index (χ0) is 18.5. The second kappa shape index (κ2) is 7.40. The van der Waals surface area contributed by atoms with Gasteiger partial charge in [0.05, 0.1) is 11.4 Å². The molecule has 0 unspecified atom stereocenters. The van der Waals surface area contributed by atoms with Crippen LogP contribution in [-0.2, 0) is 9.59 Å². The fourth-order valence-electron chi connectivity index (χ4n) is 2.36. The molecule has 6 nitrogen and oxygen atoms in total. The molecule has 2 amide bonds. The van der Waals surface area contributed by atoms with Gasteiger partial charge in [0, 0.05) is 23.3 Å². The summed E-state index contributed by atoms with van der Waals surface area (Å²) in [5, 5.41) is 4.84. The molecule has 2 aromatic rings. The molecule has 128 valence electrons. The molecule has 1 aliphatic carbocycles. The highest BCUT2D eigenvalue weighted by molar-refractivity contribution is 6.22. The fraction of sp³-hybridized carbons (Fsp3) is 0. The van der Waals surface area contributed by atoms with Crippen LogP contribution in [0.25, 0.3) is 0 Å². The highest BCUT2D eigenvalue weighted by Gasteiger charge is 2.25. The lowest BCUT2D eigenvalue weighted by Crippen LogP contribution is -2.36. The van der Waals surface area contributed by atoms with Crippen LogP contribution < -0.4 is 10.6 Å². The minimum Gasteiger partial charge on any atom is -0.318 e. The number of hydrogen-bond acceptors (Lipinski definition) is 4. The van der Waals surface area contributed by atoms with Crippen LogP contribution in [-0.4, -0.2) is 23.4 Å². The molecule has 6 heteroatoms. The Kier molecular flexibility index (Phi) is 4.85. The Morgan fingerprint density at radius 1 is 0.615 bits per heavy atom. The number of nitrogens with one attached hydrogen (secondary N) is 2. The molecule has 0 radical (unpaired) electrons. The highest BCUT2D eigenvalue weighted by atomic mass is 16.2. The lowest BCUT2D eigenvalue weighted by molar-refractivity contribution is -0.115. The van der Waals surface area contributed by atoms with Crippen LogP contribution in [0.4, 0.5) is 0 Å². The molecule has 0 spiro atoms. The number of carbonyl (C=O) groups is 4. The van der Waals surface area contributed by atoms with Crippen molar-refractivity contribution >= 4 is 23.4 Å². The monoisotopic (exact) mass is 346 g/mol. The van der Waals surface area contributed by atoms with Gasteiger partial charge >= 0.3 is 0 Å². The number of amides is 2. The normalized spacial score (nSPS) is 13.5. The Morgan fingerprint density at radius 2 is 1.00 bits per heavy atom. The number of hydrogen-bond donors (Lipinski definition) is 2. The third-order valence-electron chi connectivity index (χ3n) is 3.63. The van der Waals surface area contributed by atoms with E-state index in [0.717, 1.165) is 12.2 Å². The Bertz CT molecular complexity index is 869. The molecule has 2 N–H and O–H groups in total. The molecule has 0 saturated heterocycles. The predicted octanol–water partition coefficient (Wildman–Crippen LogP) is 1.77. The SMILES string of the molecule is O=C1C=C(NC(=O)c2ccccc2)C(=O)C(NC(=O)c2ccccc2)=C1. The first-order valence-electron chi connectivity index (χ1n) is 7.79. The second-order valence-corrected chi connectivity index (χ2v) is 5.49. The van der Waals surface area contributed by atoms with Gasteiger partial charge in [0.15, 0.2) is 5.78 Å². The van der Waals surface area contributed by atoms with Crippen molar-refractivity contribution in [3.63, 3.8) is 0 Å². The van der Waals surface area contributed by atoms with Gasteiger partial charge in [-0.3, -0.25) is 19.2 Å². The van der Waals surface area contributed by atoms with Gasteiger partial charge in [-0.05, 0) is 24.3 Å². The van der Waals surface area contributed by atoms with Crippen molar-refractivity contribution in [2.24, 2.45) is 0 Å². The molecule has 1 aliphatic rings. The van der Waals surface area contributed by atoms with Crippen molar-refractivity contribution < 1.29 is 19.2 Å². The van der Waals surface area contributed by atoms with E-state index >= 15 is 0 Å². The number of Topliss-reactive ketones (excluding diaryl/α,β-unsaturated/α-hetero) is 1. The Morgan fingerprint density at radius 3 is 1.38 bits per heavy atom. The average Bonchev–Trinajstić information content (AvgIpc) is 2.66. The molecular formula is C20H14N2O4. The van der Waals surface area contributed by atoms with Crippen LogP contribution in [0.5, 0.6) is 0 Å². The van der Waals surface area contributed by atoms with Crippen molar-refractivity contribution in [3.05, 3.63) is 95.3 Å². The highest BCUT2D eigenvalue weighted by Crippen LogP contribution is 2.11. The molecule has 0 atom stereocenters. The van der Waals surface area contributed by atoms with E-state index in [1.54, 1.807) is 60.7 Å². The van der Waals surface area contributed by atoms with Gasteiger partial charge in [-0.25, -0.2) is 0 Å². The van der Waals surface area contributed by atoms with E-state index in [-0.39, 0.29) is 11.4 Å². The molecular weight excluding hydrogens is 332 g/mol. The van der Waals surface area contributed by atoms with Crippen LogP contribution in [0.3, 0.4) is 0 Å². The third-order valence-corrected chi connectivity index (χ3v) is 3.63. The summed E-state index contributed by atoms with van der Waals surface area (Å²) < 4.78 is 0. The van der Waals surface area contributed by atoms with E-state index in [9.17, 15) is 19.2 Å². The van der Waals surface area contributed by atoms with Crippen LogP contribution in [0, 0.1) is 0 Å². The lowest BCUT2D eigenvalue weighted by atomic mass is 10.0. The van der Waals surface area contributed by atoms with E-state index in [4.69, 9.17) is 0 Å². The molecule has 0 aromatic heterocycles. The number of carbonyl (C=O) groups excluding carboxylic acids is 4. The van der Waals surface area contributed by atoms with E-state index in [0.29, 0.717) is 11.1 Å². The van der Waals surface area contributed by atoms with Gasteiger partial charge in [-0.1, -0.05) is 36.4 Å². The summed E-state index contributed by atoms with van der Waals surface area (Å²) in [5.41, 5.74) is 0.320. The lowest BCUT2D eigenvalue weighted by Gasteiger charge is -2.15. The first kappa shape index (κ1) is 17.0. The fourth-order valence-corrected chi connectivity index (χ4v) is 2.36. The maximum atomic E-state index is 12.5. The Labute approximate surface area is 149 Å². The molecule has 3 rings (SSSR count). The second-order valence-electron chi connectivity index (χ2n) is 5.49. The molecule has 0 heterocycles. The minimum atomic E-state index is -0.641. The van der Waals surface area contributed by atoms with E-state index in [2.05, 4.69) is 10.6 Å². The van der Waals surface area contributed by atoms with Gasteiger partial charge in [0.1, 0.15) is 0 Å². The van der Waals surface area contributed by atoms with Crippen molar-refractivity contribution in [2.75, 3.05) is 0 Å². The minimum absolute atomic E-state index is 0.185. The first-order valence-corrected chi connectivity index (χ1v) is 7.79. The molecule has 0 fully saturated rings. The molecule has 0 saturated carbocycles. The smallest absolute Gasteiger partial charge is 0.255 e. The molecule has 0 bridgehead atoms. The number of rotatable bonds is 4. The quantitative estimate of drug-likeness (QED) is 0.825. The topological polar surface area (TPSA) is 92.3 Å². The summed E-state index contributed by atoms with van der Waals surface area (Å²) in [7, 11) is 0. The predicted molar refractivity (Wildman–Crippen MR) is 94.0 cm³/mol.